The Hall–Kier alpha value is -2.20. The topological polar surface area (TPSA) is 93.1 Å². The van der Waals surface area contributed by atoms with Gasteiger partial charge in [0.15, 0.2) is 0 Å². The lowest BCUT2D eigenvalue weighted by Crippen LogP contribution is -2.24. The van der Waals surface area contributed by atoms with Crippen molar-refractivity contribution in [1.82, 2.24) is 14.5 Å². The van der Waals surface area contributed by atoms with Crippen LogP contribution in [0.25, 0.3) is 0 Å². The average Bonchev–Trinajstić information content (AvgIpc) is 3.26. The van der Waals surface area contributed by atoms with Gasteiger partial charge in [0.25, 0.3) is 5.91 Å². The number of nitrogens with zero attached hydrogens (tertiary/aromatic N) is 2. The first-order chi connectivity index (χ1) is 13.3. The van der Waals surface area contributed by atoms with Gasteiger partial charge in [-0.1, -0.05) is 23.7 Å². The molecule has 0 bridgehead atoms. The van der Waals surface area contributed by atoms with Gasteiger partial charge in [-0.05, 0) is 36.2 Å². The van der Waals surface area contributed by atoms with E-state index in [1.807, 2.05) is 30.3 Å². The summed E-state index contributed by atoms with van der Waals surface area (Å²) < 4.78 is 26.3. The first-order valence-electron chi connectivity index (χ1n) is 8.41. The van der Waals surface area contributed by atoms with Gasteiger partial charge in [-0.2, -0.15) is 5.10 Å². The van der Waals surface area contributed by atoms with Gasteiger partial charge in [-0.25, -0.2) is 17.8 Å². The predicted octanol–water partition coefficient (Wildman–Crippen LogP) is 2.99. The number of nitrogens with one attached hydrogen (secondary N) is 2. The van der Waals surface area contributed by atoms with Gasteiger partial charge in [-0.15, -0.1) is 11.3 Å². The number of halogens is 1. The average molecular weight is 439 g/mol. The molecule has 2 aromatic heterocycles. The van der Waals surface area contributed by atoms with E-state index in [-0.39, 0.29) is 5.91 Å². The lowest BCUT2D eigenvalue weighted by Gasteiger charge is -2.08. The molecule has 3 rings (SSSR count). The Morgan fingerprint density at radius 1 is 1.18 bits per heavy atom. The van der Waals surface area contributed by atoms with Crippen molar-refractivity contribution in [2.45, 2.75) is 13.0 Å². The molecule has 7 nitrogen and oxygen atoms in total. The smallest absolute Gasteiger partial charge is 0.266 e. The third-order valence-corrected chi connectivity index (χ3v) is 5.95. The molecule has 28 heavy (non-hydrogen) atoms. The normalized spacial score (nSPS) is 11.5. The van der Waals surface area contributed by atoms with Crippen molar-refractivity contribution in [2.75, 3.05) is 18.1 Å². The Morgan fingerprint density at radius 2 is 1.93 bits per heavy atom. The van der Waals surface area contributed by atoms with Crippen molar-refractivity contribution in [3.8, 4) is 0 Å². The van der Waals surface area contributed by atoms with Crippen LogP contribution in [0.5, 0.6) is 0 Å². The molecule has 0 atom stereocenters. The monoisotopic (exact) mass is 438 g/mol. The molecular formula is C18H19ClN4O3S2. The first kappa shape index (κ1) is 20.5. The van der Waals surface area contributed by atoms with E-state index in [1.165, 1.54) is 11.3 Å². The highest BCUT2D eigenvalue weighted by Gasteiger charge is 2.13. The largest absolute Gasteiger partial charge is 0.306 e. The molecule has 0 fully saturated rings. The highest BCUT2D eigenvalue weighted by molar-refractivity contribution is 7.88. The van der Waals surface area contributed by atoms with Crippen LogP contribution >= 0.6 is 22.9 Å². The molecule has 2 heterocycles. The Bertz CT molecular complexity index is 1060. The predicted molar refractivity (Wildman–Crippen MR) is 112 cm³/mol. The van der Waals surface area contributed by atoms with Crippen LogP contribution in [-0.4, -0.2) is 36.9 Å². The third-order valence-electron chi connectivity index (χ3n) is 3.82. The standard InChI is InChI=1S/C18H19ClN4O3S2/c1-28(25,26)21-11-8-15-6-7-16(27-15)18(24)22-17-9-10-20-23(17)12-13-2-4-14(19)5-3-13/h2-7,9-10,21H,8,11-12H2,1H3,(H,22,24). The maximum absolute atomic E-state index is 12.5. The van der Waals surface area contributed by atoms with Crippen LogP contribution in [0.2, 0.25) is 5.02 Å². The maximum atomic E-state index is 12.5. The summed E-state index contributed by atoms with van der Waals surface area (Å²) in [5, 5.41) is 7.79. The molecule has 1 amide bonds. The van der Waals surface area contributed by atoms with Gasteiger partial charge < -0.3 is 5.32 Å². The molecule has 0 spiro atoms. The van der Waals surface area contributed by atoms with Crippen molar-refractivity contribution in [3.05, 3.63) is 69.0 Å². The van der Waals surface area contributed by atoms with Gasteiger partial charge in [0.05, 0.1) is 23.9 Å². The number of benzene rings is 1. The fourth-order valence-electron chi connectivity index (χ4n) is 2.50. The zero-order chi connectivity index (χ0) is 20.1. The molecule has 10 heteroatoms. The molecule has 0 saturated heterocycles. The van der Waals surface area contributed by atoms with Gasteiger partial charge in [0, 0.05) is 22.5 Å². The van der Waals surface area contributed by atoms with E-state index in [9.17, 15) is 13.2 Å². The van der Waals surface area contributed by atoms with Crippen LogP contribution in [0.3, 0.4) is 0 Å². The second-order valence-electron chi connectivity index (χ2n) is 6.14. The number of anilines is 1. The number of carbonyl (C=O) groups is 1. The quantitative estimate of drug-likeness (QED) is 0.565. The Balaban J connectivity index is 1.61. The molecule has 3 aromatic rings. The van der Waals surface area contributed by atoms with Crippen LogP contribution in [0.4, 0.5) is 5.82 Å². The summed E-state index contributed by atoms with van der Waals surface area (Å²) in [5.41, 5.74) is 1.01. The van der Waals surface area contributed by atoms with Crippen LogP contribution < -0.4 is 10.0 Å². The summed E-state index contributed by atoms with van der Waals surface area (Å²) in [7, 11) is -3.21. The minimum absolute atomic E-state index is 0.231. The van der Waals surface area contributed by atoms with Crippen molar-refractivity contribution in [3.63, 3.8) is 0 Å². The van der Waals surface area contributed by atoms with Crippen molar-refractivity contribution < 1.29 is 13.2 Å². The van der Waals surface area contributed by atoms with E-state index in [2.05, 4.69) is 15.1 Å². The summed E-state index contributed by atoms with van der Waals surface area (Å²) in [4.78, 5) is 14.0. The van der Waals surface area contributed by atoms with Crippen LogP contribution in [0.15, 0.2) is 48.7 Å². The van der Waals surface area contributed by atoms with Gasteiger partial charge in [0.1, 0.15) is 5.82 Å². The molecule has 0 aliphatic carbocycles. The van der Waals surface area contributed by atoms with E-state index in [4.69, 9.17) is 11.6 Å². The van der Waals surface area contributed by atoms with E-state index in [0.29, 0.717) is 35.2 Å². The number of thiophene rings is 1. The van der Waals surface area contributed by atoms with E-state index >= 15 is 0 Å². The fraction of sp³-hybridized carbons (Fsp3) is 0.222. The van der Waals surface area contributed by atoms with Crippen molar-refractivity contribution in [2.24, 2.45) is 0 Å². The second kappa shape index (κ2) is 8.87. The lowest BCUT2D eigenvalue weighted by molar-refractivity contribution is 0.102. The second-order valence-corrected chi connectivity index (χ2v) is 9.57. The Morgan fingerprint density at radius 3 is 2.64 bits per heavy atom. The van der Waals surface area contributed by atoms with Crippen LogP contribution in [0.1, 0.15) is 20.1 Å². The zero-order valence-electron chi connectivity index (χ0n) is 15.1. The van der Waals surface area contributed by atoms with Crippen molar-refractivity contribution >= 4 is 44.7 Å². The summed E-state index contributed by atoms with van der Waals surface area (Å²) in [5.74, 6) is 0.360. The first-order valence-corrected chi connectivity index (χ1v) is 11.5. The summed E-state index contributed by atoms with van der Waals surface area (Å²) in [6.07, 6.45) is 3.27. The Labute approximate surface area is 172 Å². The molecule has 0 unspecified atom stereocenters. The number of aromatic nitrogens is 2. The number of rotatable bonds is 8. The van der Waals surface area contributed by atoms with Gasteiger partial charge in [-0.3, -0.25) is 4.79 Å². The number of hydrogen-bond acceptors (Lipinski definition) is 5. The van der Waals surface area contributed by atoms with E-state index < -0.39 is 10.0 Å². The molecule has 0 aliphatic heterocycles. The molecule has 1 aromatic carbocycles. The van der Waals surface area contributed by atoms with E-state index in [0.717, 1.165) is 16.7 Å². The van der Waals surface area contributed by atoms with E-state index in [1.54, 1.807) is 23.0 Å². The fourth-order valence-corrected chi connectivity index (χ4v) is 4.00. The molecule has 2 N–H and O–H groups in total. The maximum Gasteiger partial charge on any atom is 0.266 e. The van der Waals surface area contributed by atoms with Gasteiger partial charge >= 0.3 is 0 Å². The number of carbonyl (C=O) groups excluding carboxylic acids is 1. The molecule has 0 saturated carbocycles. The number of hydrogen-bond donors (Lipinski definition) is 2. The number of sulfonamides is 1. The summed E-state index contributed by atoms with van der Waals surface area (Å²) in [6, 6.07) is 12.7. The highest BCUT2D eigenvalue weighted by atomic mass is 35.5. The highest BCUT2D eigenvalue weighted by Crippen LogP contribution is 2.19. The Kier molecular flexibility index (Phi) is 6.50. The SMILES string of the molecule is CS(=O)(=O)NCCc1ccc(C(=O)Nc2ccnn2Cc2ccc(Cl)cc2)s1. The van der Waals surface area contributed by atoms with Crippen LogP contribution in [0, 0.1) is 0 Å². The minimum atomic E-state index is -3.21. The minimum Gasteiger partial charge on any atom is -0.306 e. The zero-order valence-corrected chi connectivity index (χ0v) is 17.4. The number of amides is 1. The van der Waals surface area contributed by atoms with Crippen LogP contribution in [-0.2, 0) is 23.0 Å². The molecule has 0 radical (unpaired) electrons. The molecule has 148 valence electrons. The molecular weight excluding hydrogens is 420 g/mol. The molecule has 0 aliphatic rings. The summed E-state index contributed by atoms with van der Waals surface area (Å²) in [6.45, 7) is 0.806. The van der Waals surface area contributed by atoms with Gasteiger partial charge in [0.2, 0.25) is 10.0 Å². The summed E-state index contributed by atoms with van der Waals surface area (Å²) >= 11 is 7.24. The lowest BCUT2D eigenvalue weighted by atomic mass is 10.2. The third kappa shape index (κ3) is 5.90. The van der Waals surface area contributed by atoms with Crippen molar-refractivity contribution in [1.29, 1.82) is 0 Å².